The zero-order valence-electron chi connectivity index (χ0n) is 14.2. The molecule has 1 heterocycles. The predicted octanol–water partition coefficient (Wildman–Crippen LogP) is 4.47. The second-order valence-corrected chi connectivity index (χ2v) is 8.37. The summed E-state index contributed by atoms with van der Waals surface area (Å²) in [6.07, 6.45) is 3.01. The van der Waals surface area contributed by atoms with Crippen LogP contribution in [0.4, 0.5) is 0 Å². The molecule has 0 bridgehead atoms. The Kier molecular flexibility index (Phi) is 5.81. The van der Waals surface area contributed by atoms with Gasteiger partial charge in [-0.25, -0.2) is 0 Å². The predicted molar refractivity (Wildman–Crippen MR) is 104 cm³/mol. The molecule has 0 unspecified atom stereocenters. The molecule has 138 valence electrons. The van der Waals surface area contributed by atoms with Crippen molar-refractivity contribution in [1.82, 2.24) is 5.32 Å². The molecule has 0 saturated heterocycles. The van der Waals surface area contributed by atoms with E-state index >= 15 is 0 Å². The number of nitrogens with one attached hydrogen (secondary N) is 1. The van der Waals surface area contributed by atoms with E-state index in [1.165, 1.54) is 6.07 Å². The highest BCUT2D eigenvalue weighted by molar-refractivity contribution is 8.03. The highest BCUT2D eigenvalue weighted by atomic mass is 35.5. The molecule has 1 spiro atoms. The number of hydrogen-bond acceptors (Lipinski definition) is 5. The lowest BCUT2D eigenvalue weighted by Crippen LogP contribution is -2.46. The fourth-order valence-corrected chi connectivity index (χ4v) is 5.06. The van der Waals surface area contributed by atoms with Crippen LogP contribution in [0, 0.1) is 34.0 Å². The van der Waals surface area contributed by atoms with Gasteiger partial charge in [0, 0.05) is 11.0 Å². The summed E-state index contributed by atoms with van der Waals surface area (Å²) in [5, 5.41) is 22.9. The molecule has 5 nitrogen and oxygen atoms in total. The SMILES string of the molecule is N#CC1=C(SCC(=O)c2ccc(Cl)c(Cl)c2)NC(=O)[C@H](C#N)C12CCCC2. The van der Waals surface area contributed by atoms with Crippen molar-refractivity contribution in [2.75, 3.05) is 5.75 Å². The number of ketones is 1. The number of Topliss-reactive ketones (excluding diaryl/α,β-unsaturated/α-hetero) is 1. The number of nitrogens with zero attached hydrogens (tertiary/aromatic N) is 2. The molecular formula is C19H15Cl2N3O2S. The van der Waals surface area contributed by atoms with Crippen molar-refractivity contribution in [1.29, 1.82) is 10.5 Å². The Morgan fingerprint density at radius 1 is 1.26 bits per heavy atom. The second kappa shape index (κ2) is 7.94. The molecule has 0 radical (unpaired) electrons. The molecule has 1 N–H and O–H groups in total. The van der Waals surface area contributed by atoms with Gasteiger partial charge < -0.3 is 5.32 Å². The zero-order chi connectivity index (χ0) is 19.6. The van der Waals surface area contributed by atoms with E-state index in [1.54, 1.807) is 12.1 Å². The van der Waals surface area contributed by atoms with Crippen LogP contribution in [-0.2, 0) is 4.79 Å². The largest absolute Gasteiger partial charge is 0.319 e. The van der Waals surface area contributed by atoms with Gasteiger partial charge in [-0.1, -0.05) is 47.8 Å². The minimum atomic E-state index is -0.871. The van der Waals surface area contributed by atoms with Crippen LogP contribution < -0.4 is 5.32 Å². The van der Waals surface area contributed by atoms with E-state index in [2.05, 4.69) is 17.5 Å². The number of carbonyl (C=O) groups is 2. The first-order chi connectivity index (χ1) is 12.9. The Hall–Kier alpha value is -1.99. The number of nitriles is 2. The molecule has 1 fully saturated rings. The quantitative estimate of drug-likeness (QED) is 0.726. The van der Waals surface area contributed by atoms with E-state index < -0.39 is 17.2 Å². The second-order valence-electron chi connectivity index (χ2n) is 6.57. The van der Waals surface area contributed by atoms with Gasteiger partial charge in [-0.2, -0.15) is 10.5 Å². The Balaban J connectivity index is 1.86. The van der Waals surface area contributed by atoms with Crippen LogP contribution in [0.1, 0.15) is 36.0 Å². The van der Waals surface area contributed by atoms with E-state index in [-0.39, 0.29) is 16.6 Å². The monoisotopic (exact) mass is 419 g/mol. The Morgan fingerprint density at radius 2 is 1.96 bits per heavy atom. The number of carbonyl (C=O) groups excluding carboxylic acids is 2. The summed E-state index contributed by atoms with van der Waals surface area (Å²) in [4.78, 5) is 24.9. The first-order valence-electron chi connectivity index (χ1n) is 8.39. The Morgan fingerprint density at radius 3 is 2.56 bits per heavy atom. The van der Waals surface area contributed by atoms with Gasteiger partial charge in [0.05, 0.1) is 38.5 Å². The summed E-state index contributed by atoms with van der Waals surface area (Å²) < 4.78 is 0. The van der Waals surface area contributed by atoms with E-state index in [0.29, 0.717) is 34.0 Å². The molecule has 1 aliphatic heterocycles. The highest BCUT2D eigenvalue weighted by Crippen LogP contribution is 2.53. The molecule has 1 aromatic rings. The van der Waals surface area contributed by atoms with E-state index in [1.807, 2.05) is 0 Å². The van der Waals surface area contributed by atoms with Crippen LogP contribution in [0.25, 0.3) is 0 Å². The molecule has 2 aliphatic rings. The summed E-state index contributed by atoms with van der Waals surface area (Å²) in [5.74, 6) is -1.43. The molecule has 3 rings (SSSR count). The van der Waals surface area contributed by atoms with E-state index in [4.69, 9.17) is 23.2 Å². The van der Waals surface area contributed by atoms with Gasteiger partial charge in [0.2, 0.25) is 5.91 Å². The number of allylic oxidation sites excluding steroid dienone is 1. The normalized spacial score (nSPS) is 20.9. The van der Waals surface area contributed by atoms with Gasteiger partial charge in [-0.05, 0) is 31.0 Å². The number of benzene rings is 1. The maximum Gasteiger partial charge on any atom is 0.243 e. The van der Waals surface area contributed by atoms with Crippen molar-refractivity contribution < 1.29 is 9.59 Å². The lowest BCUT2D eigenvalue weighted by atomic mass is 9.67. The molecular weight excluding hydrogens is 405 g/mol. The van der Waals surface area contributed by atoms with Crippen molar-refractivity contribution in [3.05, 3.63) is 44.4 Å². The number of amides is 1. The molecule has 1 saturated carbocycles. The van der Waals surface area contributed by atoms with Gasteiger partial charge in [0.15, 0.2) is 5.78 Å². The summed E-state index contributed by atoms with van der Waals surface area (Å²) in [6, 6.07) is 8.90. The van der Waals surface area contributed by atoms with Gasteiger partial charge in [0.1, 0.15) is 5.92 Å². The fourth-order valence-electron chi connectivity index (χ4n) is 3.76. The van der Waals surface area contributed by atoms with Crippen LogP contribution in [0.3, 0.4) is 0 Å². The average molecular weight is 420 g/mol. The first-order valence-corrected chi connectivity index (χ1v) is 10.1. The van der Waals surface area contributed by atoms with Crippen molar-refractivity contribution in [3.8, 4) is 12.1 Å². The highest BCUT2D eigenvalue weighted by Gasteiger charge is 2.52. The summed E-state index contributed by atoms with van der Waals surface area (Å²) >= 11 is 12.9. The third-order valence-corrected chi connectivity index (χ3v) is 6.84. The van der Waals surface area contributed by atoms with Gasteiger partial charge >= 0.3 is 0 Å². The van der Waals surface area contributed by atoms with Crippen LogP contribution >= 0.6 is 35.0 Å². The maximum absolute atomic E-state index is 12.5. The third-order valence-electron chi connectivity index (χ3n) is 5.10. The average Bonchev–Trinajstić information content (AvgIpc) is 3.11. The standard InChI is InChI=1S/C19H15Cl2N3O2S/c20-14-4-3-11(7-15(14)21)16(25)10-27-18-13(9-23)19(5-1-2-6-19)12(8-22)17(26)24-18/h3-4,7,12H,1-2,5-6,10H2,(H,24,26)/t12-/m0/s1. The molecule has 0 aromatic heterocycles. The Labute approximate surface area is 171 Å². The molecule has 1 atom stereocenters. The summed E-state index contributed by atoms with van der Waals surface area (Å²) in [7, 11) is 0. The topological polar surface area (TPSA) is 93.8 Å². The number of rotatable bonds is 4. The van der Waals surface area contributed by atoms with Crippen molar-refractivity contribution in [3.63, 3.8) is 0 Å². The number of halogens is 2. The number of thioether (sulfide) groups is 1. The molecule has 27 heavy (non-hydrogen) atoms. The first kappa shape index (κ1) is 19.8. The summed E-state index contributed by atoms with van der Waals surface area (Å²) in [5.41, 5.74) is 0.0857. The van der Waals surface area contributed by atoms with Crippen LogP contribution in [0.2, 0.25) is 10.0 Å². The van der Waals surface area contributed by atoms with E-state index in [9.17, 15) is 20.1 Å². The van der Waals surface area contributed by atoms with Gasteiger partial charge in [-0.15, -0.1) is 0 Å². The lowest BCUT2D eigenvalue weighted by molar-refractivity contribution is -0.126. The third kappa shape index (κ3) is 3.58. The fraction of sp³-hybridized carbons (Fsp3) is 0.368. The minimum Gasteiger partial charge on any atom is -0.319 e. The maximum atomic E-state index is 12.5. The molecule has 1 amide bonds. The minimum absolute atomic E-state index is 0.0338. The van der Waals surface area contributed by atoms with Gasteiger partial charge in [-0.3, -0.25) is 9.59 Å². The molecule has 1 aromatic carbocycles. The van der Waals surface area contributed by atoms with Crippen LogP contribution in [0.15, 0.2) is 28.8 Å². The molecule has 1 aliphatic carbocycles. The van der Waals surface area contributed by atoms with Crippen LogP contribution in [0.5, 0.6) is 0 Å². The summed E-state index contributed by atoms with van der Waals surface area (Å²) in [6.45, 7) is 0. The molecule has 8 heteroatoms. The zero-order valence-corrected chi connectivity index (χ0v) is 16.5. The lowest BCUT2D eigenvalue weighted by Gasteiger charge is -2.37. The van der Waals surface area contributed by atoms with Crippen molar-refractivity contribution in [2.24, 2.45) is 11.3 Å². The van der Waals surface area contributed by atoms with Crippen molar-refractivity contribution in [2.45, 2.75) is 25.7 Å². The number of hydrogen-bond donors (Lipinski definition) is 1. The smallest absolute Gasteiger partial charge is 0.243 e. The Bertz CT molecular complexity index is 924. The van der Waals surface area contributed by atoms with Crippen molar-refractivity contribution >= 4 is 46.7 Å². The van der Waals surface area contributed by atoms with Gasteiger partial charge in [0.25, 0.3) is 0 Å². The van der Waals surface area contributed by atoms with Crippen LogP contribution in [-0.4, -0.2) is 17.4 Å². The van der Waals surface area contributed by atoms with E-state index in [0.717, 1.165) is 24.6 Å².